The second kappa shape index (κ2) is 4.45. The molecule has 90 valence electrons. The van der Waals surface area contributed by atoms with Gasteiger partial charge in [0.25, 0.3) is 0 Å². The predicted molar refractivity (Wildman–Crippen MR) is 64.3 cm³/mol. The minimum absolute atomic E-state index is 0.0789. The van der Waals surface area contributed by atoms with Gasteiger partial charge in [0.2, 0.25) is 5.91 Å². The summed E-state index contributed by atoms with van der Waals surface area (Å²) in [5.74, 6) is -0.976. The highest BCUT2D eigenvalue weighted by Crippen LogP contribution is 2.29. The van der Waals surface area contributed by atoms with Crippen LogP contribution in [0, 0.1) is 6.92 Å². The van der Waals surface area contributed by atoms with Crippen LogP contribution < -0.4 is 10.2 Å². The summed E-state index contributed by atoms with van der Waals surface area (Å²) >= 11 is 0. The Balaban J connectivity index is 2.39. The molecule has 5 nitrogen and oxygen atoms in total. The smallest absolute Gasteiger partial charge is 0.323 e. The van der Waals surface area contributed by atoms with Crippen LogP contribution in [0.4, 0.5) is 11.4 Å². The molecule has 1 aromatic rings. The van der Waals surface area contributed by atoms with E-state index in [1.807, 2.05) is 25.1 Å². The highest BCUT2D eigenvalue weighted by atomic mass is 16.4. The van der Waals surface area contributed by atoms with Crippen molar-refractivity contribution >= 4 is 23.3 Å². The van der Waals surface area contributed by atoms with E-state index in [0.29, 0.717) is 18.7 Å². The Morgan fingerprint density at radius 3 is 3.00 bits per heavy atom. The van der Waals surface area contributed by atoms with Crippen molar-refractivity contribution < 1.29 is 14.7 Å². The molecule has 1 aliphatic rings. The van der Waals surface area contributed by atoms with Gasteiger partial charge >= 0.3 is 5.97 Å². The third kappa shape index (κ3) is 2.55. The SMILES string of the molecule is Cc1ccc2c(c1)NC(=O)CCN2CC(=O)O. The van der Waals surface area contributed by atoms with Crippen molar-refractivity contribution in [2.75, 3.05) is 23.3 Å². The molecule has 1 aliphatic heterocycles. The van der Waals surface area contributed by atoms with Gasteiger partial charge in [-0.05, 0) is 24.6 Å². The van der Waals surface area contributed by atoms with Crippen molar-refractivity contribution in [1.29, 1.82) is 0 Å². The number of benzene rings is 1. The van der Waals surface area contributed by atoms with E-state index in [2.05, 4.69) is 5.32 Å². The second-order valence-electron chi connectivity index (χ2n) is 4.13. The third-order valence-corrected chi connectivity index (χ3v) is 2.70. The zero-order chi connectivity index (χ0) is 12.4. The molecule has 0 fully saturated rings. The van der Waals surface area contributed by atoms with Gasteiger partial charge in [-0.1, -0.05) is 6.07 Å². The first-order chi connectivity index (χ1) is 8.06. The van der Waals surface area contributed by atoms with Gasteiger partial charge in [0.05, 0.1) is 11.4 Å². The van der Waals surface area contributed by atoms with Crippen LogP contribution in [-0.4, -0.2) is 30.1 Å². The summed E-state index contributed by atoms with van der Waals surface area (Å²) in [6.07, 6.45) is 0.307. The molecule has 17 heavy (non-hydrogen) atoms. The molecule has 0 bridgehead atoms. The number of carbonyl (C=O) groups excluding carboxylic acids is 1. The summed E-state index contributed by atoms with van der Waals surface area (Å²) in [6.45, 7) is 2.26. The van der Waals surface area contributed by atoms with E-state index < -0.39 is 5.97 Å². The number of rotatable bonds is 2. The number of nitrogens with one attached hydrogen (secondary N) is 1. The van der Waals surface area contributed by atoms with Crippen molar-refractivity contribution in [3.05, 3.63) is 23.8 Å². The van der Waals surface area contributed by atoms with Crippen LogP contribution in [0.25, 0.3) is 0 Å². The first-order valence-electron chi connectivity index (χ1n) is 5.43. The van der Waals surface area contributed by atoms with Gasteiger partial charge in [-0.3, -0.25) is 9.59 Å². The number of carbonyl (C=O) groups is 2. The number of nitrogens with zero attached hydrogens (tertiary/aromatic N) is 1. The summed E-state index contributed by atoms with van der Waals surface area (Å²) in [5.41, 5.74) is 2.49. The van der Waals surface area contributed by atoms with Gasteiger partial charge in [-0.15, -0.1) is 0 Å². The van der Waals surface area contributed by atoms with Crippen LogP contribution in [0.5, 0.6) is 0 Å². The van der Waals surface area contributed by atoms with Crippen molar-refractivity contribution in [1.82, 2.24) is 0 Å². The zero-order valence-corrected chi connectivity index (χ0v) is 9.56. The summed E-state index contributed by atoms with van der Waals surface area (Å²) < 4.78 is 0. The van der Waals surface area contributed by atoms with Crippen molar-refractivity contribution in [2.45, 2.75) is 13.3 Å². The quantitative estimate of drug-likeness (QED) is 0.807. The van der Waals surface area contributed by atoms with E-state index in [-0.39, 0.29) is 12.5 Å². The van der Waals surface area contributed by atoms with Crippen molar-refractivity contribution in [3.63, 3.8) is 0 Å². The van der Waals surface area contributed by atoms with Gasteiger partial charge in [0, 0.05) is 13.0 Å². The summed E-state index contributed by atoms with van der Waals surface area (Å²) in [4.78, 5) is 24.0. The molecule has 0 radical (unpaired) electrons. The number of anilines is 2. The minimum Gasteiger partial charge on any atom is -0.480 e. The molecule has 0 aliphatic carbocycles. The third-order valence-electron chi connectivity index (χ3n) is 2.70. The van der Waals surface area contributed by atoms with Crippen LogP contribution >= 0.6 is 0 Å². The van der Waals surface area contributed by atoms with Crippen LogP contribution in [0.15, 0.2) is 18.2 Å². The maximum absolute atomic E-state index is 11.5. The molecular weight excluding hydrogens is 220 g/mol. The number of hydrogen-bond acceptors (Lipinski definition) is 3. The van der Waals surface area contributed by atoms with Crippen LogP contribution in [0.2, 0.25) is 0 Å². The van der Waals surface area contributed by atoms with E-state index in [1.54, 1.807) is 4.90 Å². The number of aryl methyl sites for hydroxylation is 1. The molecular formula is C12H14N2O3. The van der Waals surface area contributed by atoms with E-state index in [4.69, 9.17) is 5.11 Å². The molecule has 1 amide bonds. The lowest BCUT2D eigenvalue weighted by Crippen LogP contribution is -2.30. The topological polar surface area (TPSA) is 69.6 Å². The second-order valence-corrected chi connectivity index (χ2v) is 4.13. The van der Waals surface area contributed by atoms with E-state index in [1.165, 1.54) is 0 Å². The number of carboxylic acid groups (broad SMARTS) is 1. The van der Waals surface area contributed by atoms with Crippen LogP contribution in [-0.2, 0) is 9.59 Å². The Labute approximate surface area is 99.0 Å². The Morgan fingerprint density at radius 2 is 2.29 bits per heavy atom. The van der Waals surface area contributed by atoms with Gasteiger partial charge in [0.1, 0.15) is 6.54 Å². The van der Waals surface area contributed by atoms with Crippen molar-refractivity contribution in [3.8, 4) is 0 Å². The van der Waals surface area contributed by atoms with Gasteiger partial charge < -0.3 is 15.3 Å². The predicted octanol–water partition coefficient (Wildman–Crippen LogP) is 1.23. The van der Waals surface area contributed by atoms with Gasteiger partial charge in [-0.25, -0.2) is 0 Å². The first kappa shape index (κ1) is 11.4. The Morgan fingerprint density at radius 1 is 1.53 bits per heavy atom. The van der Waals surface area contributed by atoms with Gasteiger partial charge in [0.15, 0.2) is 0 Å². The van der Waals surface area contributed by atoms with Crippen LogP contribution in [0.3, 0.4) is 0 Å². The number of hydrogen-bond donors (Lipinski definition) is 2. The molecule has 1 heterocycles. The minimum atomic E-state index is -0.897. The normalized spacial score (nSPS) is 14.9. The number of amides is 1. The van der Waals surface area contributed by atoms with Crippen molar-refractivity contribution in [2.24, 2.45) is 0 Å². The lowest BCUT2D eigenvalue weighted by molar-refractivity contribution is -0.135. The van der Waals surface area contributed by atoms with Gasteiger partial charge in [-0.2, -0.15) is 0 Å². The van der Waals surface area contributed by atoms with E-state index in [0.717, 1.165) is 11.3 Å². The Hall–Kier alpha value is -2.04. The fourth-order valence-electron chi connectivity index (χ4n) is 1.92. The molecule has 0 aromatic heterocycles. The van der Waals surface area contributed by atoms with Crippen LogP contribution in [0.1, 0.15) is 12.0 Å². The maximum atomic E-state index is 11.5. The monoisotopic (exact) mass is 234 g/mol. The maximum Gasteiger partial charge on any atom is 0.323 e. The fraction of sp³-hybridized carbons (Fsp3) is 0.333. The summed E-state index contributed by atoms with van der Waals surface area (Å²) in [5, 5.41) is 11.6. The number of carboxylic acids is 1. The lowest BCUT2D eigenvalue weighted by Gasteiger charge is -2.22. The molecule has 2 rings (SSSR count). The fourth-order valence-corrected chi connectivity index (χ4v) is 1.92. The summed E-state index contributed by atoms with van der Waals surface area (Å²) in [7, 11) is 0. The lowest BCUT2D eigenvalue weighted by atomic mass is 10.2. The molecule has 0 atom stereocenters. The summed E-state index contributed by atoms with van der Waals surface area (Å²) in [6, 6.07) is 5.61. The molecule has 5 heteroatoms. The number of aliphatic carboxylic acids is 1. The molecule has 0 saturated carbocycles. The van der Waals surface area contributed by atoms with E-state index in [9.17, 15) is 9.59 Å². The Kier molecular flexibility index (Phi) is 2.99. The van der Waals surface area contributed by atoms with E-state index >= 15 is 0 Å². The highest BCUT2D eigenvalue weighted by Gasteiger charge is 2.20. The first-order valence-corrected chi connectivity index (χ1v) is 5.43. The Bertz CT molecular complexity index is 471. The molecule has 2 N–H and O–H groups in total. The molecule has 0 spiro atoms. The largest absolute Gasteiger partial charge is 0.480 e. The average molecular weight is 234 g/mol. The standard InChI is InChI=1S/C12H14N2O3/c1-8-2-3-10-9(6-8)13-11(15)4-5-14(10)7-12(16)17/h2-3,6H,4-5,7H2,1H3,(H,13,15)(H,16,17). The zero-order valence-electron chi connectivity index (χ0n) is 9.56. The number of fused-ring (bicyclic) bond motifs is 1. The molecule has 0 unspecified atom stereocenters. The molecule has 0 saturated heterocycles. The molecule has 1 aromatic carbocycles. The highest BCUT2D eigenvalue weighted by molar-refractivity contribution is 5.97. The average Bonchev–Trinajstić information content (AvgIpc) is 2.37.